The second-order valence-electron chi connectivity index (χ2n) is 6.57. The van der Waals surface area contributed by atoms with Gasteiger partial charge < -0.3 is 15.0 Å². The number of carbonyl (C=O) groups is 1. The van der Waals surface area contributed by atoms with Crippen molar-refractivity contribution in [3.63, 3.8) is 0 Å². The van der Waals surface area contributed by atoms with E-state index in [1.165, 1.54) is 12.1 Å². The maximum absolute atomic E-state index is 12.5. The van der Waals surface area contributed by atoms with E-state index in [2.05, 4.69) is 10.2 Å². The average molecular weight is 392 g/mol. The summed E-state index contributed by atoms with van der Waals surface area (Å²) in [5.41, 5.74) is 2.32. The van der Waals surface area contributed by atoms with Crippen molar-refractivity contribution in [2.24, 2.45) is 0 Å². The molecule has 3 rings (SSSR count). The molecule has 0 saturated carbocycles. The Balaban J connectivity index is 1.73. The van der Waals surface area contributed by atoms with Crippen molar-refractivity contribution in [3.8, 4) is 6.07 Å². The number of morpholine rings is 1. The molecule has 0 radical (unpaired) electrons. The van der Waals surface area contributed by atoms with Gasteiger partial charge in [-0.2, -0.15) is 5.26 Å². The topological polar surface area (TPSA) is 108 Å². The number of nitrogens with one attached hydrogen (secondary N) is 1. The number of hydrogen-bond donors (Lipinski definition) is 1. The standard InChI is InChI=1S/C21H20N4O4/c1-15-2-3-16(13-20(15)25(27)28)12-17(14-22)21(26)23-18-4-6-19(7-5-18)24-8-10-29-11-9-24/h2-7,12-13H,8-11H2,1H3,(H,23,26)/b17-12+. The summed E-state index contributed by atoms with van der Waals surface area (Å²) < 4.78 is 5.34. The summed E-state index contributed by atoms with van der Waals surface area (Å²) in [4.78, 5) is 25.2. The van der Waals surface area contributed by atoms with Crippen molar-refractivity contribution in [1.82, 2.24) is 0 Å². The van der Waals surface area contributed by atoms with Gasteiger partial charge >= 0.3 is 0 Å². The van der Waals surface area contributed by atoms with Gasteiger partial charge in [0, 0.05) is 36.1 Å². The van der Waals surface area contributed by atoms with Gasteiger partial charge in [-0.15, -0.1) is 0 Å². The van der Waals surface area contributed by atoms with Crippen molar-refractivity contribution in [1.29, 1.82) is 5.26 Å². The number of nitro benzene ring substituents is 1. The molecule has 1 aliphatic rings. The second-order valence-corrected chi connectivity index (χ2v) is 6.57. The van der Waals surface area contributed by atoms with Crippen molar-refractivity contribution < 1.29 is 14.5 Å². The third-order valence-corrected chi connectivity index (χ3v) is 4.61. The number of hydrogen-bond acceptors (Lipinski definition) is 6. The Hall–Kier alpha value is -3.70. The summed E-state index contributed by atoms with van der Waals surface area (Å²) in [5, 5.41) is 23.1. The molecule has 1 saturated heterocycles. The van der Waals surface area contributed by atoms with Gasteiger partial charge in [-0.05, 0) is 42.8 Å². The first-order chi connectivity index (χ1) is 14.0. The number of ether oxygens (including phenoxy) is 1. The third-order valence-electron chi connectivity index (χ3n) is 4.61. The minimum atomic E-state index is -0.574. The molecule has 29 heavy (non-hydrogen) atoms. The van der Waals surface area contributed by atoms with Crippen LogP contribution in [0.2, 0.25) is 0 Å². The summed E-state index contributed by atoms with van der Waals surface area (Å²) in [7, 11) is 0. The number of aryl methyl sites for hydroxylation is 1. The fraction of sp³-hybridized carbons (Fsp3) is 0.238. The molecule has 1 N–H and O–H groups in total. The van der Waals surface area contributed by atoms with Crippen molar-refractivity contribution in [3.05, 3.63) is 69.3 Å². The average Bonchev–Trinajstić information content (AvgIpc) is 2.74. The minimum Gasteiger partial charge on any atom is -0.378 e. The number of nitro groups is 1. The van der Waals surface area contributed by atoms with E-state index in [0.717, 1.165) is 18.8 Å². The molecule has 2 aromatic rings. The molecule has 1 aliphatic heterocycles. The van der Waals surface area contributed by atoms with Gasteiger partial charge in [0.25, 0.3) is 11.6 Å². The number of rotatable bonds is 5. The molecule has 0 spiro atoms. The van der Waals surface area contributed by atoms with Crippen LogP contribution >= 0.6 is 0 Å². The lowest BCUT2D eigenvalue weighted by Gasteiger charge is -2.28. The Labute approximate surface area is 168 Å². The predicted molar refractivity (Wildman–Crippen MR) is 110 cm³/mol. The van der Waals surface area contributed by atoms with E-state index in [-0.39, 0.29) is 11.3 Å². The van der Waals surface area contributed by atoms with Crippen LogP contribution in [-0.4, -0.2) is 37.1 Å². The molecule has 0 aromatic heterocycles. The lowest BCUT2D eigenvalue weighted by Crippen LogP contribution is -2.36. The van der Waals surface area contributed by atoms with Crippen LogP contribution in [0.1, 0.15) is 11.1 Å². The monoisotopic (exact) mass is 392 g/mol. The van der Waals surface area contributed by atoms with Crippen LogP contribution in [0.3, 0.4) is 0 Å². The number of benzene rings is 2. The van der Waals surface area contributed by atoms with Gasteiger partial charge in [0.2, 0.25) is 0 Å². The summed E-state index contributed by atoms with van der Waals surface area (Å²) in [6.07, 6.45) is 1.34. The van der Waals surface area contributed by atoms with Gasteiger partial charge in [0.1, 0.15) is 11.6 Å². The fourth-order valence-electron chi connectivity index (χ4n) is 3.00. The van der Waals surface area contributed by atoms with Crippen LogP contribution in [-0.2, 0) is 9.53 Å². The third kappa shape index (κ3) is 4.97. The van der Waals surface area contributed by atoms with Crippen molar-refractivity contribution >= 4 is 29.0 Å². The normalized spacial score (nSPS) is 14.2. The molecular weight excluding hydrogens is 372 g/mol. The van der Waals surface area contributed by atoms with E-state index in [1.54, 1.807) is 31.2 Å². The van der Waals surface area contributed by atoms with Gasteiger partial charge in [0.05, 0.1) is 18.1 Å². The van der Waals surface area contributed by atoms with Crippen LogP contribution < -0.4 is 10.2 Å². The molecule has 0 atom stereocenters. The van der Waals surface area contributed by atoms with Gasteiger partial charge in [-0.3, -0.25) is 14.9 Å². The second kappa shape index (κ2) is 8.99. The van der Waals surface area contributed by atoms with E-state index in [0.29, 0.717) is 30.0 Å². The quantitative estimate of drug-likeness (QED) is 0.362. The van der Waals surface area contributed by atoms with Crippen LogP contribution in [0, 0.1) is 28.4 Å². The van der Waals surface area contributed by atoms with E-state index in [9.17, 15) is 20.2 Å². The fourth-order valence-corrected chi connectivity index (χ4v) is 3.00. The van der Waals surface area contributed by atoms with E-state index in [1.807, 2.05) is 18.2 Å². The highest BCUT2D eigenvalue weighted by Crippen LogP contribution is 2.22. The van der Waals surface area contributed by atoms with Gasteiger partial charge in [0.15, 0.2) is 0 Å². The summed E-state index contributed by atoms with van der Waals surface area (Å²) in [6, 6.07) is 13.8. The molecule has 148 valence electrons. The Morgan fingerprint density at radius 3 is 2.55 bits per heavy atom. The molecule has 0 unspecified atom stereocenters. The zero-order valence-electron chi connectivity index (χ0n) is 15.9. The molecule has 2 aromatic carbocycles. The number of anilines is 2. The molecular formula is C21H20N4O4. The first-order valence-corrected chi connectivity index (χ1v) is 9.09. The SMILES string of the molecule is Cc1ccc(/C=C(\C#N)C(=O)Nc2ccc(N3CCOCC3)cc2)cc1[N+](=O)[O-]. The molecule has 8 heteroatoms. The lowest BCUT2D eigenvalue weighted by molar-refractivity contribution is -0.385. The lowest BCUT2D eigenvalue weighted by atomic mass is 10.1. The number of amides is 1. The van der Waals surface area contributed by atoms with Crippen LogP contribution in [0.15, 0.2) is 48.0 Å². The van der Waals surface area contributed by atoms with Crippen LogP contribution in [0.4, 0.5) is 17.1 Å². The number of carbonyl (C=O) groups excluding carboxylic acids is 1. The van der Waals surface area contributed by atoms with E-state index in [4.69, 9.17) is 4.74 Å². The molecule has 1 heterocycles. The maximum Gasteiger partial charge on any atom is 0.272 e. The van der Waals surface area contributed by atoms with Crippen LogP contribution in [0.25, 0.3) is 6.08 Å². The summed E-state index contributed by atoms with van der Waals surface area (Å²) in [5.74, 6) is -0.574. The number of nitriles is 1. The summed E-state index contributed by atoms with van der Waals surface area (Å²) >= 11 is 0. The van der Waals surface area contributed by atoms with Crippen LogP contribution in [0.5, 0.6) is 0 Å². The van der Waals surface area contributed by atoms with Crippen molar-refractivity contribution in [2.45, 2.75) is 6.92 Å². The Morgan fingerprint density at radius 1 is 1.24 bits per heavy atom. The minimum absolute atomic E-state index is 0.0600. The van der Waals surface area contributed by atoms with Gasteiger partial charge in [-0.1, -0.05) is 12.1 Å². The Morgan fingerprint density at radius 2 is 1.93 bits per heavy atom. The maximum atomic E-state index is 12.5. The highest BCUT2D eigenvalue weighted by atomic mass is 16.6. The van der Waals surface area contributed by atoms with E-state index >= 15 is 0 Å². The molecule has 0 aliphatic carbocycles. The molecule has 0 bridgehead atoms. The largest absolute Gasteiger partial charge is 0.378 e. The first kappa shape index (κ1) is 20.0. The zero-order valence-corrected chi connectivity index (χ0v) is 15.9. The number of nitrogens with zero attached hydrogens (tertiary/aromatic N) is 3. The van der Waals surface area contributed by atoms with Gasteiger partial charge in [-0.25, -0.2) is 0 Å². The summed E-state index contributed by atoms with van der Waals surface area (Å²) in [6.45, 7) is 4.63. The smallest absolute Gasteiger partial charge is 0.272 e. The highest BCUT2D eigenvalue weighted by Gasteiger charge is 2.14. The van der Waals surface area contributed by atoms with Crippen molar-refractivity contribution in [2.75, 3.05) is 36.5 Å². The zero-order chi connectivity index (χ0) is 20.8. The Bertz CT molecular complexity index is 987. The predicted octanol–water partition coefficient (Wildman–Crippen LogP) is 3.29. The molecule has 1 amide bonds. The first-order valence-electron chi connectivity index (χ1n) is 9.09. The highest BCUT2D eigenvalue weighted by molar-refractivity contribution is 6.09. The molecule has 1 fully saturated rings. The molecule has 8 nitrogen and oxygen atoms in total. The Kier molecular flexibility index (Phi) is 6.22. The van der Waals surface area contributed by atoms with E-state index < -0.39 is 10.8 Å².